The Hall–Kier alpha value is -3.00. The molecule has 8 heteroatoms. The van der Waals surface area contributed by atoms with E-state index in [0.29, 0.717) is 36.2 Å². The van der Waals surface area contributed by atoms with Gasteiger partial charge in [-0.25, -0.2) is 15.5 Å². The second-order valence-electron chi connectivity index (χ2n) is 8.12. The van der Waals surface area contributed by atoms with E-state index in [1.165, 1.54) is 11.8 Å². The van der Waals surface area contributed by atoms with Crippen molar-refractivity contribution >= 4 is 24.0 Å². The molecule has 1 saturated heterocycles. The minimum atomic E-state index is -0.564. The van der Waals surface area contributed by atoms with Crippen LogP contribution in [-0.2, 0) is 9.59 Å². The van der Waals surface area contributed by atoms with E-state index in [9.17, 15) is 9.59 Å². The highest BCUT2D eigenvalue weighted by Gasteiger charge is 2.57. The SMILES string of the molecule is CCCCC(=O)NC1C2CN(C3=NC=C(C(=O)NO)CC=N3)CC21.Cc1ccccc1. The minimum absolute atomic E-state index is 0.148. The summed E-state index contributed by atoms with van der Waals surface area (Å²) in [6, 6.07) is 10.5. The molecule has 2 atom stereocenters. The summed E-state index contributed by atoms with van der Waals surface area (Å²) in [4.78, 5) is 33.9. The number of rotatable bonds is 5. The number of hydrogen-bond acceptors (Lipinski definition) is 6. The number of aliphatic imine (C=N–C) groups is 2. The number of benzene rings is 1. The van der Waals surface area contributed by atoms with E-state index in [4.69, 9.17) is 5.21 Å². The first kappa shape index (κ1) is 22.7. The smallest absolute Gasteiger partial charge is 0.272 e. The van der Waals surface area contributed by atoms with Crippen molar-refractivity contribution in [2.45, 2.75) is 45.6 Å². The van der Waals surface area contributed by atoms with Crippen molar-refractivity contribution < 1.29 is 14.8 Å². The molecule has 8 nitrogen and oxygen atoms in total. The van der Waals surface area contributed by atoms with Gasteiger partial charge in [0.05, 0.1) is 0 Å². The molecule has 2 aliphatic heterocycles. The molecule has 1 saturated carbocycles. The summed E-state index contributed by atoms with van der Waals surface area (Å²) in [5, 5.41) is 11.8. The molecule has 4 rings (SSSR count). The fourth-order valence-electron chi connectivity index (χ4n) is 3.87. The number of hydrogen-bond donors (Lipinski definition) is 3. The number of carbonyl (C=O) groups is 2. The van der Waals surface area contributed by atoms with Crippen LogP contribution in [0.25, 0.3) is 0 Å². The van der Waals surface area contributed by atoms with E-state index in [2.05, 4.69) is 46.2 Å². The number of hydroxylamine groups is 1. The average Bonchev–Trinajstić information content (AvgIpc) is 3.32. The normalized spacial score (nSPS) is 23.5. The van der Waals surface area contributed by atoms with Crippen molar-refractivity contribution in [1.82, 2.24) is 15.7 Å². The highest BCUT2D eigenvalue weighted by Crippen LogP contribution is 2.45. The van der Waals surface area contributed by atoms with Crippen molar-refractivity contribution in [3.8, 4) is 0 Å². The Morgan fingerprint density at radius 3 is 2.48 bits per heavy atom. The van der Waals surface area contributed by atoms with Gasteiger partial charge < -0.3 is 10.2 Å². The Bertz CT molecular complexity index is 853. The van der Waals surface area contributed by atoms with E-state index in [0.717, 1.165) is 25.9 Å². The van der Waals surface area contributed by atoms with Gasteiger partial charge in [0.1, 0.15) is 0 Å². The zero-order chi connectivity index (χ0) is 22.2. The molecule has 2 unspecified atom stereocenters. The maximum absolute atomic E-state index is 11.8. The van der Waals surface area contributed by atoms with Crippen molar-refractivity contribution in [3.05, 3.63) is 47.7 Å². The van der Waals surface area contributed by atoms with Gasteiger partial charge in [0, 0.05) is 61.8 Å². The number of amides is 2. The highest BCUT2D eigenvalue weighted by atomic mass is 16.5. The van der Waals surface area contributed by atoms with Crippen LogP contribution in [0.2, 0.25) is 0 Å². The van der Waals surface area contributed by atoms with Crippen LogP contribution in [0.4, 0.5) is 0 Å². The van der Waals surface area contributed by atoms with E-state index in [-0.39, 0.29) is 11.9 Å². The Morgan fingerprint density at radius 1 is 1.19 bits per heavy atom. The lowest BCUT2D eigenvalue weighted by Gasteiger charge is -2.20. The number of aryl methyl sites for hydroxylation is 1. The topological polar surface area (TPSA) is 106 Å². The van der Waals surface area contributed by atoms with Gasteiger partial charge in [0.25, 0.3) is 5.91 Å². The Kier molecular flexibility index (Phi) is 7.94. The Balaban J connectivity index is 0.000000330. The van der Waals surface area contributed by atoms with Gasteiger partial charge in [-0.15, -0.1) is 0 Å². The van der Waals surface area contributed by atoms with Gasteiger partial charge in [-0.3, -0.25) is 14.8 Å². The molecule has 0 spiro atoms. The molecule has 3 N–H and O–H groups in total. The Morgan fingerprint density at radius 2 is 1.90 bits per heavy atom. The summed E-state index contributed by atoms with van der Waals surface area (Å²) < 4.78 is 0. The van der Waals surface area contributed by atoms with Crippen molar-refractivity contribution in [2.75, 3.05) is 13.1 Å². The van der Waals surface area contributed by atoms with Crippen LogP contribution in [0.1, 0.15) is 38.2 Å². The molecule has 1 aliphatic carbocycles. The van der Waals surface area contributed by atoms with Crippen LogP contribution >= 0.6 is 0 Å². The third-order valence-corrected chi connectivity index (χ3v) is 5.75. The molecule has 1 aromatic rings. The fraction of sp³-hybridized carbons (Fsp3) is 0.478. The Labute approximate surface area is 183 Å². The van der Waals surface area contributed by atoms with Crippen LogP contribution in [0.3, 0.4) is 0 Å². The second kappa shape index (κ2) is 10.9. The summed E-state index contributed by atoms with van der Waals surface area (Å²) in [5.74, 6) is 1.08. The minimum Gasteiger partial charge on any atom is -0.353 e. The van der Waals surface area contributed by atoms with E-state index in [1.54, 1.807) is 11.7 Å². The summed E-state index contributed by atoms with van der Waals surface area (Å²) in [7, 11) is 0. The third kappa shape index (κ3) is 6.24. The third-order valence-electron chi connectivity index (χ3n) is 5.75. The first-order valence-electron chi connectivity index (χ1n) is 10.8. The molecule has 0 aromatic heterocycles. The van der Waals surface area contributed by atoms with Crippen LogP contribution in [0.15, 0.2) is 52.1 Å². The van der Waals surface area contributed by atoms with Crippen LogP contribution in [0.5, 0.6) is 0 Å². The molecule has 0 radical (unpaired) electrons. The van der Waals surface area contributed by atoms with Crippen LogP contribution in [-0.4, -0.2) is 53.2 Å². The molecule has 1 aromatic carbocycles. The zero-order valence-electron chi connectivity index (χ0n) is 18.1. The van der Waals surface area contributed by atoms with Gasteiger partial charge in [-0.1, -0.05) is 49.2 Å². The highest BCUT2D eigenvalue weighted by molar-refractivity contribution is 5.99. The molecule has 166 valence electrons. The number of nitrogens with one attached hydrogen (secondary N) is 2. The van der Waals surface area contributed by atoms with E-state index in [1.807, 2.05) is 18.2 Å². The first-order valence-corrected chi connectivity index (χ1v) is 10.8. The largest absolute Gasteiger partial charge is 0.353 e. The van der Waals surface area contributed by atoms with E-state index < -0.39 is 5.91 Å². The van der Waals surface area contributed by atoms with Gasteiger partial charge in [-0.2, -0.15) is 0 Å². The van der Waals surface area contributed by atoms with E-state index >= 15 is 0 Å². The van der Waals surface area contributed by atoms with Crippen molar-refractivity contribution in [2.24, 2.45) is 21.8 Å². The van der Waals surface area contributed by atoms with Gasteiger partial charge in [0.2, 0.25) is 11.9 Å². The average molecular weight is 426 g/mol. The summed E-state index contributed by atoms with van der Waals surface area (Å²) >= 11 is 0. The lowest BCUT2D eigenvalue weighted by Crippen LogP contribution is -2.36. The molecule has 2 heterocycles. The molecule has 0 bridgehead atoms. The standard InChI is InChI=1S/C16H23N5O3.C7H8/c1-2-3-4-13(22)19-14-11-8-21(9-12(11)14)16-17-6-5-10(7-18-16)15(23)20-24;1-7-5-3-2-4-6-7/h6-7,11-12,14,24H,2-5,8-9H2,1H3,(H,19,22)(H,20,23);2-6H,1H3. The lowest BCUT2D eigenvalue weighted by molar-refractivity contribution is -0.125. The van der Waals surface area contributed by atoms with Gasteiger partial charge in [0.15, 0.2) is 0 Å². The fourth-order valence-corrected chi connectivity index (χ4v) is 3.87. The zero-order valence-corrected chi connectivity index (χ0v) is 18.1. The summed E-state index contributed by atoms with van der Waals surface area (Å²) in [5.41, 5.74) is 3.29. The number of guanidine groups is 1. The van der Waals surface area contributed by atoms with Gasteiger partial charge in [-0.05, 0) is 13.3 Å². The number of likely N-dealkylation sites (tertiary alicyclic amines) is 1. The monoisotopic (exact) mass is 425 g/mol. The summed E-state index contributed by atoms with van der Waals surface area (Å²) in [6.07, 6.45) is 5.97. The molecule has 31 heavy (non-hydrogen) atoms. The lowest BCUT2D eigenvalue weighted by atomic mass is 10.2. The van der Waals surface area contributed by atoms with Crippen LogP contribution in [0, 0.1) is 18.8 Å². The van der Waals surface area contributed by atoms with Crippen molar-refractivity contribution in [3.63, 3.8) is 0 Å². The first-order chi connectivity index (χ1) is 15.0. The molecular formula is C23H31N5O3. The van der Waals surface area contributed by atoms with Crippen LogP contribution < -0.4 is 10.8 Å². The van der Waals surface area contributed by atoms with Crippen molar-refractivity contribution in [1.29, 1.82) is 0 Å². The molecular weight excluding hydrogens is 394 g/mol. The maximum atomic E-state index is 11.8. The molecule has 3 aliphatic rings. The predicted octanol–water partition coefficient (Wildman–Crippen LogP) is 2.44. The second-order valence-corrected chi connectivity index (χ2v) is 8.12. The predicted molar refractivity (Wildman–Crippen MR) is 120 cm³/mol. The number of fused-ring (bicyclic) bond motifs is 1. The van der Waals surface area contributed by atoms with Gasteiger partial charge >= 0.3 is 0 Å². The maximum Gasteiger partial charge on any atom is 0.272 e. The number of unbranched alkanes of at least 4 members (excludes halogenated alkanes) is 1. The molecule has 2 amide bonds. The summed E-state index contributed by atoms with van der Waals surface area (Å²) in [6.45, 7) is 5.79. The molecule has 2 fully saturated rings. The number of nitrogens with zero attached hydrogens (tertiary/aromatic N) is 3. The number of piperidine rings is 1. The number of carbonyl (C=O) groups excluding carboxylic acids is 2. The quantitative estimate of drug-likeness (QED) is 0.498.